The van der Waals surface area contributed by atoms with E-state index in [2.05, 4.69) is 20.3 Å². The average molecular weight is 252 g/mol. The third kappa shape index (κ3) is 2.73. The zero-order valence-electron chi connectivity index (χ0n) is 8.77. The fraction of sp³-hybridized carbons (Fsp3) is 0.100. The van der Waals surface area contributed by atoms with E-state index in [0.29, 0.717) is 11.6 Å². The van der Waals surface area contributed by atoms with E-state index in [-0.39, 0.29) is 17.3 Å². The number of benzene rings is 1. The van der Waals surface area contributed by atoms with E-state index >= 15 is 0 Å². The Bertz CT molecular complexity index is 539. The minimum absolute atomic E-state index is 0.0590. The largest absolute Gasteiger partial charge is 0.379 e. The predicted molar refractivity (Wildman–Crippen MR) is 63.8 cm³/mol. The maximum Gasteiger partial charge on any atom is 0.199 e. The van der Waals surface area contributed by atoms with E-state index in [1.54, 1.807) is 6.07 Å². The molecule has 2 aromatic rings. The highest BCUT2D eigenvalue weighted by molar-refractivity contribution is 6.30. The van der Waals surface area contributed by atoms with Crippen LogP contribution >= 0.6 is 11.6 Å². The van der Waals surface area contributed by atoms with Gasteiger partial charge in [0.25, 0.3) is 0 Å². The molecule has 88 valence electrons. The summed E-state index contributed by atoms with van der Waals surface area (Å²) in [5, 5.41) is 18.1. The molecule has 0 saturated heterocycles. The van der Waals surface area contributed by atoms with Gasteiger partial charge in [-0.05, 0) is 28.0 Å². The average Bonchev–Trinajstić information content (AvgIpc) is 2.72. The fourth-order valence-electron chi connectivity index (χ4n) is 1.29. The molecule has 1 aromatic heterocycles. The van der Waals surface area contributed by atoms with Gasteiger partial charge < -0.3 is 11.1 Å². The van der Waals surface area contributed by atoms with E-state index in [0.717, 1.165) is 5.56 Å². The van der Waals surface area contributed by atoms with Gasteiger partial charge in [0, 0.05) is 11.6 Å². The summed E-state index contributed by atoms with van der Waals surface area (Å²) in [6.45, 7) is 0.450. The first-order chi connectivity index (χ1) is 8.16. The molecule has 17 heavy (non-hydrogen) atoms. The summed E-state index contributed by atoms with van der Waals surface area (Å²) < 4.78 is 4.41. The Labute approximate surface area is 102 Å². The number of nitrogen functional groups attached to an aromatic ring is 1. The number of rotatable bonds is 3. The molecule has 0 bridgehead atoms. The van der Waals surface area contributed by atoms with Crippen LogP contribution in [0.3, 0.4) is 0 Å². The Morgan fingerprint density at radius 1 is 1.47 bits per heavy atom. The molecule has 0 aliphatic rings. The van der Waals surface area contributed by atoms with Gasteiger partial charge in [0.05, 0.1) is 0 Å². The highest BCUT2D eigenvalue weighted by Crippen LogP contribution is 2.10. The molecule has 0 fully saturated rings. The molecule has 0 radical (unpaired) electrons. The Kier molecular flexibility index (Phi) is 3.24. The third-order valence-corrected chi connectivity index (χ3v) is 2.34. The number of aromatic nitrogens is 2. The smallest absolute Gasteiger partial charge is 0.199 e. The molecule has 1 aromatic carbocycles. The van der Waals surface area contributed by atoms with Crippen LogP contribution in [-0.4, -0.2) is 16.1 Å². The van der Waals surface area contributed by atoms with Crippen molar-refractivity contribution < 1.29 is 4.63 Å². The number of hydrogen-bond acceptors (Lipinski definition) is 5. The van der Waals surface area contributed by atoms with Gasteiger partial charge in [-0.2, -0.15) is 0 Å². The van der Waals surface area contributed by atoms with Gasteiger partial charge in [0.2, 0.25) is 0 Å². The molecule has 4 N–H and O–H groups in total. The van der Waals surface area contributed by atoms with Crippen LogP contribution in [0, 0.1) is 5.41 Å². The third-order valence-electron chi connectivity index (χ3n) is 2.11. The predicted octanol–water partition coefficient (Wildman–Crippen LogP) is 1.42. The number of nitrogens with zero attached hydrogens (tertiary/aromatic N) is 2. The van der Waals surface area contributed by atoms with Gasteiger partial charge in [0.15, 0.2) is 17.3 Å². The second kappa shape index (κ2) is 4.84. The van der Waals surface area contributed by atoms with Crippen molar-refractivity contribution in [1.82, 2.24) is 15.6 Å². The van der Waals surface area contributed by atoms with E-state index in [1.807, 2.05) is 18.2 Å². The summed E-state index contributed by atoms with van der Waals surface area (Å²) in [4.78, 5) is 0. The highest BCUT2D eigenvalue weighted by atomic mass is 35.5. The standard InChI is InChI=1S/C10H10ClN5O/c11-7-3-1-2-6(4-7)5-14-9(12)8-10(13)16-17-15-8/h1-4H,5H2,(H2,12,14)(H2,13,16). The van der Waals surface area contributed by atoms with E-state index < -0.39 is 0 Å². The molecule has 0 aliphatic heterocycles. The van der Waals surface area contributed by atoms with Crippen molar-refractivity contribution >= 4 is 23.3 Å². The molecule has 0 spiro atoms. The van der Waals surface area contributed by atoms with Gasteiger partial charge in [-0.25, -0.2) is 4.63 Å². The number of nitrogens with two attached hydrogens (primary N) is 1. The summed E-state index contributed by atoms with van der Waals surface area (Å²) in [5.41, 5.74) is 6.62. The Hall–Kier alpha value is -2.08. The summed E-state index contributed by atoms with van der Waals surface area (Å²) in [7, 11) is 0. The lowest BCUT2D eigenvalue weighted by atomic mass is 10.2. The molecule has 0 amide bonds. The fourth-order valence-corrected chi connectivity index (χ4v) is 1.50. The maximum atomic E-state index is 7.70. The van der Waals surface area contributed by atoms with Gasteiger partial charge in [-0.1, -0.05) is 23.7 Å². The topological polar surface area (TPSA) is 101 Å². The first-order valence-electron chi connectivity index (χ1n) is 4.82. The highest BCUT2D eigenvalue weighted by Gasteiger charge is 2.11. The Morgan fingerprint density at radius 2 is 2.29 bits per heavy atom. The lowest BCUT2D eigenvalue weighted by molar-refractivity contribution is 0.308. The van der Waals surface area contributed by atoms with Crippen LogP contribution in [0.5, 0.6) is 0 Å². The minimum Gasteiger partial charge on any atom is -0.379 e. The molecule has 2 rings (SSSR count). The van der Waals surface area contributed by atoms with Crippen molar-refractivity contribution in [3.63, 3.8) is 0 Å². The van der Waals surface area contributed by atoms with E-state index in [1.165, 1.54) is 0 Å². The summed E-state index contributed by atoms with van der Waals surface area (Å²) in [6.07, 6.45) is 0. The molecule has 0 saturated carbocycles. The number of anilines is 1. The maximum absolute atomic E-state index is 7.70. The summed E-state index contributed by atoms with van der Waals surface area (Å²) >= 11 is 5.85. The van der Waals surface area contributed by atoms with Crippen molar-refractivity contribution in [2.75, 3.05) is 5.73 Å². The lowest BCUT2D eigenvalue weighted by Crippen LogP contribution is -2.24. The molecule has 0 atom stereocenters. The van der Waals surface area contributed by atoms with Gasteiger partial charge in [0.1, 0.15) is 0 Å². The first kappa shape index (κ1) is 11.4. The summed E-state index contributed by atoms with van der Waals surface area (Å²) in [6, 6.07) is 7.34. The van der Waals surface area contributed by atoms with Crippen LogP contribution in [0.1, 0.15) is 11.3 Å². The Morgan fingerprint density at radius 3 is 2.94 bits per heavy atom. The van der Waals surface area contributed by atoms with E-state index in [4.69, 9.17) is 22.7 Å². The molecule has 0 unspecified atom stereocenters. The van der Waals surface area contributed by atoms with Crippen molar-refractivity contribution in [3.05, 3.63) is 40.5 Å². The number of halogens is 1. The van der Waals surface area contributed by atoms with Crippen LogP contribution in [0.2, 0.25) is 5.02 Å². The normalized spacial score (nSPS) is 10.2. The molecule has 0 aliphatic carbocycles. The molecule has 7 heteroatoms. The van der Waals surface area contributed by atoms with Gasteiger partial charge in [-0.15, -0.1) is 0 Å². The molecular weight excluding hydrogens is 242 g/mol. The van der Waals surface area contributed by atoms with Gasteiger partial charge >= 0.3 is 0 Å². The van der Waals surface area contributed by atoms with Crippen LogP contribution in [0.15, 0.2) is 28.9 Å². The summed E-state index contributed by atoms with van der Waals surface area (Å²) in [5.74, 6) is 0.150. The van der Waals surface area contributed by atoms with Crippen molar-refractivity contribution in [1.29, 1.82) is 5.41 Å². The number of amidine groups is 1. The van der Waals surface area contributed by atoms with Gasteiger partial charge in [-0.3, -0.25) is 5.41 Å². The molecule has 6 nitrogen and oxygen atoms in total. The number of hydrogen-bond donors (Lipinski definition) is 3. The van der Waals surface area contributed by atoms with Crippen LogP contribution in [0.25, 0.3) is 0 Å². The zero-order chi connectivity index (χ0) is 12.3. The molecule has 1 heterocycles. The minimum atomic E-state index is 0.0590. The van der Waals surface area contributed by atoms with Crippen molar-refractivity contribution in [3.8, 4) is 0 Å². The SMILES string of the molecule is N=C(NCc1cccc(Cl)c1)c1nonc1N. The second-order valence-electron chi connectivity index (χ2n) is 3.36. The zero-order valence-corrected chi connectivity index (χ0v) is 9.53. The lowest BCUT2D eigenvalue weighted by Gasteiger charge is -2.05. The first-order valence-corrected chi connectivity index (χ1v) is 5.20. The quantitative estimate of drug-likeness (QED) is 0.566. The molecular formula is C10H10ClN5O. The van der Waals surface area contributed by atoms with Crippen molar-refractivity contribution in [2.45, 2.75) is 6.54 Å². The van der Waals surface area contributed by atoms with E-state index in [9.17, 15) is 0 Å². The van der Waals surface area contributed by atoms with Crippen molar-refractivity contribution in [2.24, 2.45) is 0 Å². The Balaban J connectivity index is 1.99. The number of nitrogens with one attached hydrogen (secondary N) is 2. The second-order valence-corrected chi connectivity index (χ2v) is 3.79. The van der Waals surface area contributed by atoms with Crippen LogP contribution in [0.4, 0.5) is 5.82 Å². The van der Waals surface area contributed by atoms with Crippen LogP contribution < -0.4 is 11.1 Å². The monoisotopic (exact) mass is 251 g/mol. The van der Waals surface area contributed by atoms with Crippen LogP contribution in [-0.2, 0) is 6.54 Å².